The van der Waals surface area contributed by atoms with Gasteiger partial charge in [-0.3, -0.25) is 5.32 Å². The van der Waals surface area contributed by atoms with E-state index < -0.39 is 6.09 Å². The van der Waals surface area contributed by atoms with Gasteiger partial charge in [-0.1, -0.05) is 30.3 Å². The molecule has 0 radical (unpaired) electrons. The van der Waals surface area contributed by atoms with E-state index in [1.165, 1.54) is 7.11 Å². The molecule has 98 valence electrons. The van der Waals surface area contributed by atoms with Crippen LogP contribution < -0.4 is 5.32 Å². The largest absolute Gasteiger partial charge is 0.453 e. The molecule has 0 aromatic heterocycles. The lowest BCUT2D eigenvalue weighted by Gasteiger charge is -2.06. The Balaban J connectivity index is 2.19. The Morgan fingerprint density at radius 3 is 2.53 bits per heavy atom. The van der Waals surface area contributed by atoms with Gasteiger partial charge >= 0.3 is 6.09 Å². The second-order valence-corrected chi connectivity index (χ2v) is 4.05. The highest BCUT2D eigenvalue weighted by Crippen LogP contribution is 2.22. The third-order valence-corrected chi connectivity index (χ3v) is 2.76. The van der Waals surface area contributed by atoms with Crippen molar-refractivity contribution < 1.29 is 14.6 Å². The van der Waals surface area contributed by atoms with Gasteiger partial charge in [0.25, 0.3) is 0 Å². The predicted molar refractivity (Wildman–Crippen MR) is 73.8 cm³/mol. The summed E-state index contributed by atoms with van der Waals surface area (Å²) in [5.74, 6) is 0. The van der Waals surface area contributed by atoms with Gasteiger partial charge in [0.1, 0.15) is 0 Å². The number of carbonyl (C=O) groups is 1. The van der Waals surface area contributed by atoms with Crippen LogP contribution in [0.4, 0.5) is 10.5 Å². The van der Waals surface area contributed by atoms with Crippen molar-refractivity contribution in [1.82, 2.24) is 0 Å². The van der Waals surface area contributed by atoms with Crippen molar-refractivity contribution in [3.05, 3.63) is 54.1 Å². The molecule has 0 saturated carbocycles. The van der Waals surface area contributed by atoms with Gasteiger partial charge < -0.3 is 9.84 Å². The normalized spacial score (nSPS) is 10.0. The zero-order valence-electron chi connectivity index (χ0n) is 10.6. The molecule has 0 saturated heterocycles. The number of nitrogens with one attached hydrogen (secondary N) is 1. The third-order valence-electron chi connectivity index (χ3n) is 2.76. The fourth-order valence-electron chi connectivity index (χ4n) is 1.76. The number of rotatable bonds is 3. The summed E-state index contributed by atoms with van der Waals surface area (Å²) in [5, 5.41) is 11.7. The van der Waals surface area contributed by atoms with Crippen LogP contribution in [0.15, 0.2) is 48.5 Å². The van der Waals surface area contributed by atoms with Gasteiger partial charge in [-0.05, 0) is 34.9 Å². The lowest BCUT2D eigenvalue weighted by Crippen LogP contribution is -2.10. The molecule has 0 aliphatic rings. The minimum Gasteiger partial charge on any atom is -0.453 e. The lowest BCUT2D eigenvalue weighted by atomic mass is 10.0. The number of methoxy groups -OCH3 is 1. The Hall–Kier alpha value is -2.33. The van der Waals surface area contributed by atoms with Crippen LogP contribution >= 0.6 is 0 Å². The van der Waals surface area contributed by atoms with Crippen molar-refractivity contribution in [3.8, 4) is 11.1 Å². The van der Waals surface area contributed by atoms with Crippen LogP contribution in [0.2, 0.25) is 0 Å². The molecule has 0 unspecified atom stereocenters. The third kappa shape index (κ3) is 3.33. The molecule has 19 heavy (non-hydrogen) atoms. The van der Waals surface area contributed by atoms with Gasteiger partial charge in [0.2, 0.25) is 0 Å². The van der Waals surface area contributed by atoms with E-state index in [0.717, 1.165) is 16.7 Å². The zero-order chi connectivity index (χ0) is 13.7. The van der Waals surface area contributed by atoms with Crippen molar-refractivity contribution in [2.24, 2.45) is 0 Å². The number of aliphatic hydroxyl groups is 1. The first-order valence-corrected chi connectivity index (χ1v) is 5.88. The molecule has 2 rings (SSSR count). The van der Waals surface area contributed by atoms with E-state index in [0.29, 0.717) is 5.69 Å². The van der Waals surface area contributed by atoms with Crippen molar-refractivity contribution in [1.29, 1.82) is 0 Å². The molecular weight excluding hydrogens is 242 g/mol. The maximum absolute atomic E-state index is 11.1. The average Bonchev–Trinajstić information content (AvgIpc) is 2.48. The van der Waals surface area contributed by atoms with Gasteiger partial charge in [0, 0.05) is 5.69 Å². The molecule has 0 aliphatic heterocycles. The Bertz CT molecular complexity index is 564. The van der Waals surface area contributed by atoms with Crippen molar-refractivity contribution in [2.45, 2.75) is 6.61 Å². The first-order valence-electron chi connectivity index (χ1n) is 5.88. The van der Waals surface area contributed by atoms with Crippen LogP contribution in [-0.4, -0.2) is 18.3 Å². The zero-order valence-corrected chi connectivity index (χ0v) is 10.6. The van der Waals surface area contributed by atoms with Crippen molar-refractivity contribution in [3.63, 3.8) is 0 Å². The Labute approximate surface area is 111 Å². The van der Waals surface area contributed by atoms with Crippen molar-refractivity contribution in [2.75, 3.05) is 12.4 Å². The molecule has 2 N–H and O–H groups in total. The fourth-order valence-corrected chi connectivity index (χ4v) is 1.76. The summed E-state index contributed by atoms with van der Waals surface area (Å²) >= 11 is 0. The van der Waals surface area contributed by atoms with Crippen LogP contribution in [0.5, 0.6) is 0 Å². The molecule has 0 bridgehead atoms. The Morgan fingerprint density at radius 1 is 1.16 bits per heavy atom. The van der Waals surface area contributed by atoms with Gasteiger partial charge in [0.05, 0.1) is 13.7 Å². The number of benzene rings is 2. The SMILES string of the molecule is COC(=O)Nc1ccc(-c2cccc(CO)c2)cc1. The van der Waals surface area contributed by atoms with Crippen LogP contribution in [-0.2, 0) is 11.3 Å². The smallest absolute Gasteiger partial charge is 0.411 e. The van der Waals surface area contributed by atoms with E-state index in [1.807, 2.05) is 36.4 Å². The maximum atomic E-state index is 11.1. The van der Waals surface area contributed by atoms with Gasteiger partial charge in [-0.2, -0.15) is 0 Å². The molecule has 4 heteroatoms. The van der Waals surface area contributed by atoms with Gasteiger partial charge in [-0.25, -0.2) is 4.79 Å². The highest BCUT2D eigenvalue weighted by atomic mass is 16.5. The highest BCUT2D eigenvalue weighted by molar-refractivity contribution is 5.85. The maximum Gasteiger partial charge on any atom is 0.411 e. The van der Waals surface area contributed by atoms with E-state index in [4.69, 9.17) is 5.11 Å². The minimum absolute atomic E-state index is 0.0236. The molecule has 0 fully saturated rings. The van der Waals surface area contributed by atoms with Gasteiger partial charge in [0.15, 0.2) is 0 Å². The first kappa shape index (κ1) is 13.1. The minimum atomic E-state index is -0.491. The van der Waals surface area contributed by atoms with Gasteiger partial charge in [-0.15, -0.1) is 0 Å². The monoisotopic (exact) mass is 257 g/mol. The summed E-state index contributed by atoms with van der Waals surface area (Å²) in [6.45, 7) is 0.0236. The van der Waals surface area contributed by atoms with Crippen LogP contribution in [0.25, 0.3) is 11.1 Å². The summed E-state index contributed by atoms with van der Waals surface area (Å²) < 4.78 is 4.52. The number of carbonyl (C=O) groups excluding carboxylic acids is 1. The molecule has 0 atom stereocenters. The topological polar surface area (TPSA) is 58.6 Å². The molecular formula is C15H15NO3. The number of aliphatic hydroxyl groups excluding tert-OH is 1. The van der Waals surface area contributed by atoms with E-state index in [-0.39, 0.29) is 6.61 Å². The molecule has 0 spiro atoms. The molecule has 2 aromatic carbocycles. The summed E-state index contributed by atoms with van der Waals surface area (Å²) in [4.78, 5) is 11.1. The molecule has 2 aromatic rings. The van der Waals surface area contributed by atoms with E-state index in [1.54, 1.807) is 12.1 Å². The molecule has 0 heterocycles. The Kier molecular flexibility index (Phi) is 4.15. The summed E-state index contributed by atoms with van der Waals surface area (Å²) in [6.07, 6.45) is -0.491. The highest BCUT2D eigenvalue weighted by Gasteiger charge is 2.02. The van der Waals surface area contributed by atoms with E-state index in [9.17, 15) is 4.79 Å². The summed E-state index contributed by atoms with van der Waals surface area (Å²) in [6, 6.07) is 15.1. The second kappa shape index (κ2) is 6.02. The summed E-state index contributed by atoms with van der Waals surface area (Å²) in [7, 11) is 1.32. The Morgan fingerprint density at radius 2 is 1.89 bits per heavy atom. The number of hydrogen-bond donors (Lipinski definition) is 2. The summed E-state index contributed by atoms with van der Waals surface area (Å²) in [5.41, 5.74) is 3.59. The van der Waals surface area contributed by atoms with Crippen LogP contribution in [0, 0.1) is 0 Å². The van der Waals surface area contributed by atoms with Crippen molar-refractivity contribution >= 4 is 11.8 Å². The predicted octanol–water partition coefficient (Wildman–Crippen LogP) is 3.02. The first-order chi connectivity index (χ1) is 9.22. The number of amides is 1. The molecule has 0 aliphatic carbocycles. The molecule has 1 amide bonds. The number of ether oxygens (including phenoxy) is 1. The standard InChI is InChI=1S/C15H15NO3/c1-19-15(18)16-14-7-5-12(6-8-14)13-4-2-3-11(9-13)10-17/h2-9,17H,10H2,1H3,(H,16,18). The fraction of sp³-hybridized carbons (Fsp3) is 0.133. The second-order valence-electron chi connectivity index (χ2n) is 4.05. The van der Waals surface area contributed by atoms with Crippen LogP contribution in [0.1, 0.15) is 5.56 Å². The van der Waals surface area contributed by atoms with E-state index >= 15 is 0 Å². The quantitative estimate of drug-likeness (QED) is 0.888. The lowest BCUT2D eigenvalue weighted by molar-refractivity contribution is 0.187. The van der Waals surface area contributed by atoms with E-state index in [2.05, 4.69) is 10.1 Å². The average molecular weight is 257 g/mol. The van der Waals surface area contributed by atoms with Crippen LogP contribution in [0.3, 0.4) is 0 Å². The molecule has 4 nitrogen and oxygen atoms in total. The number of anilines is 1. The number of hydrogen-bond acceptors (Lipinski definition) is 3.